The fourth-order valence-electron chi connectivity index (χ4n) is 2.35. The molecule has 0 saturated carbocycles. The quantitative estimate of drug-likeness (QED) is 0.590. The van der Waals surface area contributed by atoms with Crippen LogP contribution in [-0.4, -0.2) is 15.8 Å². The number of nitro benzene ring substituents is 1. The van der Waals surface area contributed by atoms with Gasteiger partial charge in [0.25, 0.3) is 11.6 Å². The van der Waals surface area contributed by atoms with Crippen LogP contribution in [0.25, 0.3) is 10.9 Å². The first-order valence-corrected chi connectivity index (χ1v) is 6.96. The third-order valence-corrected chi connectivity index (χ3v) is 3.56. The van der Waals surface area contributed by atoms with E-state index in [0.29, 0.717) is 11.3 Å². The Morgan fingerprint density at radius 3 is 2.57 bits per heavy atom. The zero-order valence-corrected chi connectivity index (χ0v) is 12.3. The summed E-state index contributed by atoms with van der Waals surface area (Å²) < 4.78 is 0. The minimum atomic E-state index is -0.499. The van der Waals surface area contributed by atoms with Crippen molar-refractivity contribution in [3.8, 4) is 0 Å². The Kier molecular flexibility index (Phi) is 3.72. The second-order valence-corrected chi connectivity index (χ2v) is 5.09. The molecule has 1 amide bonds. The number of nitrogens with zero attached hydrogens (tertiary/aromatic N) is 2. The molecule has 0 aliphatic rings. The third-order valence-electron chi connectivity index (χ3n) is 3.56. The van der Waals surface area contributed by atoms with Gasteiger partial charge in [0.15, 0.2) is 0 Å². The maximum atomic E-state index is 12.3. The number of anilines is 1. The lowest BCUT2D eigenvalue weighted by Crippen LogP contribution is -2.12. The van der Waals surface area contributed by atoms with Gasteiger partial charge in [-0.1, -0.05) is 6.07 Å². The van der Waals surface area contributed by atoms with E-state index in [-0.39, 0.29) is 11.6 Å². The lowest BCUT2D eigenvalue weighted by molar-refractivity contribution is -0.384. The molecule has 0 saturated heterocycles. The normalized spacial score (nSPS) is 10.5. The first-order valence-electron chi connectivity index (χ1n) is 6.96. The highest BCUT2D eigenvalue weighted by Crippen LogP contribution is 2.25. The summed E-state index contributed by atoms with van der Waals surface area (Å²) in [5.41, 5.74) is 2.81. The van der Waals surface area contributed by atoms with Crippen molar-refractivity contribution in [2.24, 2.45) is 0 Å². The molecular formula is C17H13N3O3. The summed E-state index contributed by atoms with van der Waals surface area (Å²) in [6, 6.07) is 12.9. The van der Waals surface area contributed by atoms with Crippen molar-refractivity contribution >= 4 is 28.2 Å². The van der Waals surface area contributed by atoms with Gasteiger partial charge in [-0.05, 0) is 42.8 Å². The minimum Gasteiger partial charge on any atom is -0.321 e. The molecule has 0 aliphatic carbocycles. The highest BCUT2D eigenvalue weighted by molar-refractivity contribution is 6.09. The van der Waals surface area contributed by atoms with Gasteiger partial charge in [-0.3, -0.25) is 19.9 Å². The molecule has 1 aromatic heterocycles. The number of aryl methyl sites for hydroxylation is 1. The van der Waals surface area contributed by atoms with Gasteiger partial charge >= 0.3 is 0 Å². The van der Waals surface area contributed by atoms with Gasteiger partial charge in [0.1, 0.15) is 0 Å². The van der Waals surface area contributed by atoms with E-state index >= 15 is 0 Å². The zero-order chi connectivity index (χ0) is 16.4. The predicted octanol–water partition coefficient (Wildman–Crippen LogP) is 3.70. The van der Waals surface area contributed by atoms with Crippen molar-refractivity contribution in [2.45, 2.75) is 6.92 Å². The number of benzene rings is 2. The number of non-ortho nitro benzene ring substituents is 1. The summed E-state index contributed by atoms with van der Waals surface area (Å²) in [6.45, 7) is 1.96. The molecule has 114 valence electrons. The molecule has 3 rings (SSSR count). The summed E-state index contributed by atoms with van der Waals surface area (Å²) in [7, 11) is 0. The number of rotatable bonds is 3. The van der Waals surface area contributed by atoms with Crippen molar-refractivity contribution in [1.82, 2.24) is 4.98 Å². The molecule has 0 bridgehead atoms. The van der Waals surface area contributed by atoms with E-state index in [1.54, 1.807) is 6.20 Å². The maximum Gasteiger partial charge on any atom is 0.269 e. The topological polar surface area (TPSA) is 85.1 Å². The van der Waals surface area contributed by atoms with Gasteiger partial charge in [-0.25, -0.2) is 0 Å². The number of pyridine rings is 1. The second-order valence-electron chi connectivity index (χ2n) is 5.09. The number of fused-ring (bicyclic) bond motifs is 1. The van der Waals surface area contributed by atoms with Crippen molar-refractivity contribution in [3.05, 3.63) is 76.0 Å². The number of carbonyl (C=O) groups excluding carboxylic acids is 1. The van der Waals surface area contributed by atoms with Gasteiger partial charge < -0.3 is 5.32 Å². The molecule has 0 unspecified atom stereocenters. The highest BCUT2D eigenvalue weighted by Gasteiger charge is 2.11. The van der Waals surface area contributed by atoms with E-state index < -0.39 is 4.92 Å². The molecule has 1 heterocycles. The molecule has 2 aromatic carbocycles. The molecule has 3 aromatic rings. The maximum absolute atomic E-state index is 12.3. The molecule has 23 heavy (non-hydrogen) atoms. The first-order chi connectivity index (χ1) is 11.1. The van der Waals surface area contributed by atoms with E-state index in [1.165, 1.54) is 24.3 Å². The van der Waals surface area contributed by atoms with E-state index in [9.17, 15) is 14.9 Å². The Morgan fingerprint density at radius 1 is 1.13 bits per heavy atom. The van der Waals surface area contributed by atoms with Crippen LogP contribution in [0.15, 0.2) is 54.7 Å². The summed E-state index contributed by atoms with van der Waals surface area (Å²) >= 11 is 0. The SMILES string of the molecule is Cc1ccc(NC(=O)c2ccc([N+](=O)[O-])cc2)c2cccnc12. The first kappa shape index (κ1) is 14.6. The fraction of sp³-hybridized carbons (Fsp3) is 0.0588. The lowest BCUT2D eigenvalue weighted by atomic mass is 10.1. The van der Waals surface area contributed by atoms with E-state index in [0.717, 1.165) is 16.5 Å². The summed E-state index contributed by atoms with van der Waals surface area (Å²) in [5.74, 6) is -0.325. The lowest BCUT2D eigenvalue weighted by Gasteiger charge is -2.10. The summed E-state index contributed by atoms with van der Waals surface area (Å²) in [4.78, 5) is 26.8. The van der Waals surface area contributed by atoms with Crippen LogP contribution in [0, 0.1) is 17.0 Å². The van der Waals surface area contributed by atoms with Crippen LogP contribution in [0.5, 0.6) is 0 Å². The van der Waals surface area contributed by atoms with Crippen LogP contribution in [0.2, 0.25) is 0 Å². The Morgan fingerprint density at radius 2 is 1.87 bits per heavy atom. The van der Waals surface area contributed by atoms with Crippen molar-refractivity contribution in [3.63, 3.8) is 0 Å². The smallest absolute Gasteiger partial charge is 0.269 e. The number of nitro groups is 1. The Labute approximate surface area is 131 Å². The van der Waals surface area contributed by atoms with Crippen molar-refractivity contribution in [1.29, 1.82) is 0 Å². The summed E-state index contributed by atoms with van der Waals surface area (Å²) in [6.07, 6.45) is 1.71. The molecule has 0 fully saturated rings. The van der Waals surface area contributed by atoms with Gasteiger partial charge in [0, 0.05) is 29.3 Å². The van der Waals surface area contributed by atoms with Crippen LogP contribution < -0.4 is 5.32 Å². The third kappa shape index (κ3) is 2.87. The molecule has 0 radical (unpaired) electrons. The Bertz CT molecular complexity index is 905. The number of hydrogen-bond donors (Lipinski definition) is 1. The molecule has 1 N–H and O–H groups in total. The van der Waals surface area contributed by atoms with Crippen molar-refractivity contribution < 1.29 is 9.72 Å². The Balaban J connectivity index is 1.91. The van der Waals surface area contributed by atoms with Gasteiger partial charge in [-0.2, -0.15) is 0 Å². The number of carbonyl (C=O) groups is 1. The average Bonchev–Trinajstić information content (AvgIpc) is 2.57. The average molecular weight is 307 g/mol. The fourth-order valence-corrected chi connectivity index (χ4v) is 2.35. The highest BCUT2D eigenvalue weighted by atomic mass is 16.6. The largest absolute Gasteiger partial charge is 0.321 e. The van der Waals surface area contributed by atoms with Crippen LogP contribution >= 0.6 is 0 Å². The zero-order valence-electron chi connectivity index (χ0n) is 12.3. The van der Waals surface area contributed by atoms with Crippen LogP contribution in [-0.2, 0) is 0 Å². The van der Waals surface area contributed by atoms with Gasteiger partial charge in [0.05, 0.1) is 16.1 Å². The molecule has 0 aliphatic heterocycles. The van der Waals surface area contributed by atoms with Crippen molar-refractivity contribution in [2.75, 3.05) is 5.32 Å². The van der Waals surface area contributed by atoms with E-state index in [2.05, 4.69) is 10.3 Å². The molecule has 6 heteroatoms. The standard InChI is InChI=1S/C17H13N3O3/c1-11-4-9-15(14-3-2-10-18-16(11)14)19-17(21)12-5-7-13(8-6-12)20(22)23/h2-10H,1H3,(H,19,21). The minimum absolute atomic E-state index is 0.0495. The molecular weight excluding hydrogens is 294 g/mol. The monoisotopic (exact) mass is 307 g/mol. The van der Waals surface area contributed by atoms with Crippen LogP contribution in [0.1, 0.15) is 15.9 Å². The number of aromatic nitrogens is 1. The van der Waals surface area contributed by atoms with Gasteiger partial charge in [0.2, 0.25) is 0 Å². The van der Waals surface area contributed by atoms with Crippen LogP contribution in [0.4, 0.5) is 11.4 Å². The van der Waals surface area contributed by atoms with E-state index in [4.69, 9.17) is 0 Å². The predicted molar refractivity (Wildman–Crippen MR) is 87.5 cm³/mol. The number of hydrogen-bond acceptors (Lipinski definition) is 4. The summed E-state index contributed by atoms with van der Waals surface area (Å²) in [5, 5.41) is 14.3. The Hall–Kier alpha value is -3.28. The molecule has 0 spiro atoms. The molecule has 6 nitrogen and oxygen atoms in total. The number of nitrogens with one attached hydrogen (secondary N) is 1. The number of amides is 1. The van der Waals surface area contributed by atoms with Gasteiger partial charge in [-0.15, -0.1) is 0 Å². The second kappa shape index (κ2) is 5.84. The van der Waals surface area contributed by atoms with Crippen LogP contribution in [0.3, 0.4) is 0 Å². The van der Waals surface area contributed by atoms with E-state index in [1.807, 2.05) is 31.2 Å². The molecule has 0 atom stereocenters.